The zero-order chi connectivity index (χ0) is 20.7. The van der Waals surface area contributed by atoms with Gasteiger partial charge in [-0.05, 0) is 18.2 Å². The molecule has 5 rings (SSSR count). The van der Waals surface area contributed by atoms with Crippen molar-refractivity contribution in [3.63, 3.8) is 0 Å². The zero-order valence-corrected chi connectivity index (χ0v) is 15.9. The minimum Gasteiger partial charge on any atom is -0.415 e. The number of nitrogens with one attached hydrogen (secondary N) is 1. The van der Waals surface area contributed by atoms with Gasteiger partial charge in [0.05, 0.1) is 16.5 Å². The molecule has 30 heavy (non-hydrogen) atoms. The number of benzene rings is 2. The van der Waals surface area contributed by atoms with E-state index in [0.717, 1.165) is 23.3 Å². The van der Waals surface area contributed by atoms with Crippen LogP contribution in [0.3, 0.4) is 0 Å². The number of quaternary nitrogens is 1. The van der Waals surface area contributed by atoms with Crippen molar-refractivity contribution in [1.82, 2.24) is 14.8 Å². The van der Waals surface area contributed by atoms with E-state index in [1.54, 1.807) is 22.8 Å². The third kappa shape index (κ3) is 3.48. The summed E-state index contributed by atoms with van der Waals surface area (Å²) in [5.74, 6) is 0.256. The number of nitro groups is 1. The number of fused-ring (bicyclic) bond motifs is 1. The van der Waals surface area contributed by atoms with E-state index >= 15 is 0 Å². The number of para-hydroxylation sites is 2. The molecule has 1 aliphatic rings. The second-order valence-corrected chi connectivity index (χ2v) is 7.34. The number of hydrogen-bond donors (Lipinski definition) is 1. The highest BCUT2D eigenvalue weighted by Gasteiger charge is 2.35. The topological polar surface area (TPSA) is 122 Å². The van der Waals surface area contributed by atoms with Crippen molar-refractivity contribution >= 4 is 16.8 Å². The van der Waals surface area contributed by atoms with Crippen LogP contribution in [0.15, 0.2) is 62.2 Å². The van der Waals surface area contributed by atoms with Gasteiger partial charge in [-0.15, -0.1) is 10.2 Å². The lowest BCUT2D eigenvalue weighted by Gasteiger charge is -2.17. The van der Waals surface area contributed by atoms with Crippen LogP contribution in [0, 0.1) is 10.1 Å². The summed E-state index contributed by atoms with van der Waals surface area (Å²) < 4.78 is 12.7. The Morgan fingerprint density at radius 3 is 2.77 bits per heavy atom. The summed E-state index contributed by atoms with van der Waals surface area (Å²) in [7, 11) is 0. The van der Waals surface area contributed by atoms with Crippen molar-refractivity contribution in [2.75, 3.05) is 0 Å². The highest BCUT2D eigenvalue weighted by atomic mass is 16.6. The summed E-state index contributed by atoms with van der Waals surface area (Å²) in [6.07, 6.45) is 2.12. The van der Waals surface area contributed by atoms with Crippen molar-refractivity contribution in [2.24, 2.45) is 0 Å². The number of nitrogens with zero attached hydrogens (tertiary/aromatic N) is 4. The first-order valence-electron chi connectivity index (χ1n) is 9.58. The number of oxazole rings is 1. The lowest BCUT2D eigenvalue weighted by atomic mass is 10.2. The molecule has 2 aromatic heterocycles. The Bertz CT molecular complexity index is 1290. The zero-order valence-electron chi connectivity index (χ0n) is 15.9. The van der Waals surface area contributed by atoms with Gasteiger partial charge >= 0.3 is 5.76 Å². The molecular formula is C20H18N5O5+. The third-order valence-corrected chi connectivity index (χ3v) is 5.24. The Morgan fingerprint density at radius 2 is 1.97 bits per heavy atom. The molecular weight excluding hydrogens is 390 g/mol. The maximum absolute atomic E-state index is 12.3. The van der Waals surface area contributed by atoms with Gasteiger partial charge in [-0.1, -0.05) is 18.2 Å². The first kappa shape index (κ1) is 18.3. The molecule has 10 heteroatoms. The Balaban J connectivity index is 1.39. The van der Waals surface area contributed by atoms with Crippen LogP contribution in [0.5, 0.6) is 0 Å². The predicted molar refractivity (Wildman–Crippen MR) is 105 cm³/mol. The molecule has 2 aromatic carbocycles. The summed E-state index contributed by atoms with van der Waals surface area (Å²) in [4.78, 5) is 24.0. The number of hydrogen-bond acceptors (Lipinski definition) is 7. The first-order chi connectivity index (χ1) is 14.6. The molecule has 0 amide bonds. The average Bonchev–Trinajstić information content (AvgIpc) is 3.41. The largest absolute Gasteiger partial charge is 0.424 e. The molecule has 0 radical (unpaired) electrons. The lowest BCUT2D eigenvalue weighted by Crippen LogP contribution is -3.11. The van der Waals surface area contributed by atoms with Crippen LogP contribution in [0.25, 0.3) is 22.6 Å². The molecule has 152 valence electrons. The molecule has 1 N–H and O–H groups in total. The fourth-order valence-electron chi connectivity index (χ4n) is 3.58. The fourth-order valence-corrected chi connectivity index (χ4v) is 3.58. The molecule has 1 unspecified atom stereocenters. The van der Waals surface area contributed by atoms with E-state index in [-0.39, 0.29) is 11.6 Å². The standard InChI is InChI=1S/C20H17N5O5/c26-20-24(16-6-1-2-7-17(16)29-20)12-23(14-8-9-14)11-18-21-22-19(30-18)13-4-3-5-15(10-13)25(27)28/h1-7,10,14H,8-9,11-12H2/p+1. The molecule has 1 fully saturated rings. The van der Waals surface area contributed by atoms with Crippen LogP contribution in [-0.2, 0) is 13.2 Å². The van der Waals surface area contributed by atoms with Gasteiger partial charge in [0.15, 0.2) is 18.8 Å². The smallest absolute Gasteiger partial charge is 0.415 e. The maximum Gasteiger partial charge on any atom is 0.424 e. The van der Waals surface area contributed by atoms with Gasteiger partial charge in [0.1, 0.15) is 0 Å². The number of rotatable bonds is 7. The highest BCUT2D eigenvalue weighted by Crippen LogP contribution is 2.23. The minimum absolute atomic E-state index is 0.0382. The molecule has 1 aliphatic carbocycles. The van der Waals surface area contributed by atoms with Crippen molar-refractivity contribution < 1.29 is 18.7 Å². The van der Waals surface area contributed by atoms with Crippen LogP contribution < -0.4 is 10.7 Å². The van der Waals surface area contributed by atoms with Gasteiger partial charge < -0.3 is 13.7 Å². The highest BCUT2D eigenvalue weighted by molar-refractivity contribution is 5.72. The van der Waals surface area contributed by atoms with Gasteiger partial charge in [-0.25, -0.2) is 9.36 Å². The van der Waals surface area contributed by atoms with Gasteiger partial charge in [0.25, 0.3) is 11.6 Å². The minimum atomic E-state index is -0.466. The predicted octanol–water partition coefficient (Wildman–Crippen LogP) is 1.76. The second-order valence-electron chi connectivity index (χ2n) is 7.34. The maximum atomic E-state index is 12.3. The molecule has 0 spiro atoms. The summed E-state index contributed by atoms with van der Waals surface area (Å²) in [6, 6.07) is 13.8. The molecule has 1 saturated carbocycles. The Labute approximate surface area is 169 Å². The molecule has 4 aromatic rings. The summed E-state index contributed by atoms with van der Waals surface area (Å²) in [5.41, 5.74) is 1.77. The summed E-state index contributed by atoms with van der Waals surface area (Å²) >= 11 is 0. The van der Waals surface area contributed by atoms with E-state index in [2.05, 4.69) is 10.2 Å². The lowest BCUT2D eigenvalue weighted by molar-refractivity contribution is -0.948. The summed E-state index contributed by atoms with van der Waals surface area (Å²) in [6.45, 7) is 0.869. The second kappa shape index (κ2) is 7.23. The van der Waals surface area contributed by atoms with Gasteiger partial charge in [-0.2, -0.15) is 0 Å². The van der Waals surface area contributed by atoms with E-state index < -0.39 is 10.7 Å². The van der Waals surface area contributed by atoms with Crippen LogP contribution in [0.4, 0.5) is 5.69 Å². The Morgan fingerprint density at radius 1 is 1.13 bits per heavy atom. The van der Waals surface area contributed by atoms with Crippen molar-refractivity contribution in [1.29, 1.82) is 0 Å². The van der Waals surface area contributed by atoms with E-state index in [0.29, 0.717) is 36.3 Å². The molecule has 1 atom stereocenters. The average molecular weight is 408 g/mol. The monoisotopic (exact) mass is 408 g/mol. The van der Waals surface area contributed by atoms with Crippen LogP contribution in [0.1, 0.15) is 18.7 Å². The van der Waals surface area contributed by atoms with Gasteiger partial charge in [-0.3, -0.25) is 10.1 Å². The van der Waals surface area contributed by atoms with E-state index in [9.17, 15) is 14.9 Å². The third-order valence-electron chi connectivity index (χ3n) is 5.24. The van der Waals surface area contributed by atoms with E-state index in [1.807, 2.05) is 18.2 Å². The molecule has 2 heterocycles. The van der Waals surface area contributed by atoms with Crippen molar-refractivity contribution in [3.8, 4) is 11.5 Å². The number of aromatic nitrogens is 3. The molecule has 0 aliphatic heterocycles. The van der Waals surface area contributed by atoms with Crippen molar-refractivity contribution in [3.05, 3.63) is 75.1 Å². The summed E-state index contributed by atoms with van der Waals surface area (Å²) in [5, 5.41) is 19.1. The number of non-ortho nitro benzene ring substituents is 1. The fraction of sp³-hybridized carbons (Fsp3) is 0.250. The van der Waals surface area contributed by atoms with Gasteiger partial charge in [0.2, 0.25) is 5.89 Å². The molecule has 0 saturated heterocycles. The van der Waals surface area contributed by atoms with Gasteiger partial charge in [0, 0.05) is 30.5 Å². The van der Waals surface area contributed by atoms with Crippen LogP contribution in [0.2, 0.25) is 0 Å². The molecule has 10 nitrogen and oxygen atoms in total. The van der Waals surface area contributed by atoms with E-state index in [4.69, 9.17) is 8.83 Å². The van der Waals surface area contributed by atoms with Crippen LogP contribution in [-0.4, -0.2) is 25.7 Å². The quantitative estimate of drug-likeness (QED) is 0.365. The van der Waals surface area contributed by atoms with E-state index in [1.165, 1.54) is 12.1 Å². The first-order valence-corrected chi connectivity index (χ1v) is 9.58. The molecule has 0 bridgehead atoms. The number of nitro benzene ring substituents is 1. The Hall–Kier alpha value is -3.79. The SMILES string of the molecule is O=c1oc2ccccc2n1C[NH+](Cc1nnc(-c2cccc([N+](=O)[O-])c2)o1)C1CC1. The Kier molecular flexibility index (Phi) is 4.40. The van der Waals surface area contributed by atoms with Crippen LogP contribution >= 0.6 is 0 Å². The van der Waals surface area contributed by atoms with Crippen molar-refractivity contribution in [2.45, 2.75) is 32.1 Å². The normalized spacial score (nSPS) is 14.8.